The van der Waals surface area contributed by atoms with Crippen molar-refractivity contribution in [2.24, 2.45) is 0 Å². The standard InChI is InChI=1S/C4H10B2/c1-5-6-3-2-4-6/h5H,2-4H2,1H3. The summed E-state index contributed by atoms with van der Waals surface area (Å²) in [5.41, 5.74) is 0. The molecule has 1 heterocycles. The van der Waals surface area contributed by atoms with Gasteiger partial charge in [0, 0.05) is 0 Å². The van der Waals surface area contributed by atoms with Gasteiger partial charge in [-0.2, -0.15) is 0 Å². The molecule has 0 aromatic heterocycles. The smallest absolute Gasteiger partial charge is 0.0954 e. The zero-order valence-electron chi connectivity index (χ0n) is 4.41. The van der Waals surface area contributed by atoms with Gasteiger partial charge in [0.15, 0.2) is 0 Å². The summed E-state index contributed by atoms with van der Waals surface area (Å²) in [6.07, 6.45) is 4.52. The first-order chi connectivity index (χ1) is 2.93. The molecule has 0 spiro atoms. The molecule has 1 saturated heterocycles. The SMILES string of the molecule is CBB1CCC1. The minimum absolute atomic E-state index is 1.12. The van der Waals surface area contributed by atoms with Gasteiger partial charge in [0.05, 0.1) is 7.17 Å². The predicted molar refractivity (Wildman–Crippen MR) is 33.0 cm³/mol. The Morgan fingerprint density at radius 1 is 1.50 bits per heavy atom. The quantitative estimate of drug-likeness (QED) is 0.409. The Kier molecular flexibility index (Phi) is 1.23. The molecule has 6 heavy (non-hydrogen) atoms. The van der Waals surface area contributed by atoms with Gasteiger partial charge in [-0.3, -0.25) is 0 Å². The van der Waals surface area contributed by atoms with E-state index in [9.17, 15) is 0 Å². The van der Waals surface area contributed by atoms with Gasteiger partial charge in [-0.25, -0.2) is 0 Å². The van der Waals surface area contributed by atoms with E-state index in [1.807, 2.05) is 0 Å². The molecule has 32 valence electrons. The summed E-state index contributed by atoms with van der Waals surface area (Å²) < 4.78 is 0. The van der Waals surface area contributed by atoms with Gasteiger partial charge in [0.25, 0.3) is 0 Å². The van der Waals surface area contributed by atoms with E-state index in [-0.39, 0.29) is 0 Å². The highest BCUT2D eigenvalue weighted by atomic mass is 13.9. The molecule has 0 bridgehead atoms. The van der Waals surface area contributed by atoms with Gasteiger partial charge in [0.1, 0.15) is 6.60 Å². The second kappa shape index (κ2) is 1.72. The van der Waals surface area contributed by atoms with Crippen LogP contribution in [0, 0.1) is 0 Å². The van der Waals surface area contributed by atoms with Crippen molar-refractivity contribution in [2.45, 2.75) is 25.9 Å². The largest absolute Gasteiger partial charge is 0.104 e. The summed E-state index contributed by atoms with van der Waals surface area (Å²) in [5.74, 6) is 0. The van der Waals surface area contributed by atoms with Crippen LogP contribution >= 0.6 is 0 Å². The Bertz CT molecular complexity index is 38.1. The van der Waals surface area contributed by atoms with Crippen molar-refractivity contribution in [2.75, 3.05) is 0 Å². The molecule has 0 radical (unpaired) electrons. The fourth-order valence-corrected chi connectivity index (χ4v) is 0.901. The van der Waals surface area contributed by atoms with Crippen LogP contribution in [0.2, 0.25) is 19.5 Å². The summed E-state index contributed by atoms with van der Waals surface area (Å²) in [5, 5.41) is 0. The molecule has 1 rings (SSSR count). The Hall–Kier alpha value is 0.130. The maximum absolute atomic E-state index is 2.28. The van der Waals surface area contributed by atoms with Crippen molar-refractivity contribution in [1.82, 2.24) is 0 Å². The third-order valence-electron chi connectivity index (χ3n) is 1.80. The summed E-state index contributed by atoms with van der Waals surface area (Å²) in [7, 11) is 1.42. The van der Waals surface area contributed by atoms with Crippen LogP contribution in [0.25, 0.3) is 0 Å². The molecule has 0 amide bonds. The molecule has 1 aliphatic rings. The molecule has 0 nitrogen and oxygen atoms in total. The lowest BCUT2D eigenvalue weighted by molar-refractivity contribution is 0.960. The fraction of sp³-hybridized carbons (Fsp3) is 1.00. The average Bonchev–Trinajstić information content (AvgIpc) is 1.31. The van der Waals surface area contributed by atoms with Crippen LogP contribution in [0.1, 0.15) is 6.42 Å². The molecular formula is C4H10B2. The normalized spacial score (nSPS) is 19.8. The predicted octanol–water partition coefficient (Wildman–Crippen LogP) is 0.866. The molecule has 0 aliphatic carbocycles. The van der Waals surface area contributed by atoms with E-state index in [0.29, 0.717) is 0 Å². The summed E-state index contributed by atoms with van der Waals surface area (Å²) in [6.45, 7) is 3.40. The molecule has 1 aliphatic heterocycles. The van der Waals surface area contributed by atoms with Crippen LogP contribution in [0.5, 0.6) is 0 Å². The van der Waals surface area contributed by atoms with Crippen LogP contribution in [0.4, 0.5) is 0 Å². The van der Waals surface area contributed by atoms with Crippen LogP contribution in [-0.4, -0.2) is 13.8 Å². The number of hydrogen-bond donors (Lipinski definition) is 0. The zero-order chi connectivity index (χ0) is 4.41. The Balaban J connectivity index is 2.01. The third kappa shape index (κ3) is 0.612. The van der Waals surface area contributed by atoms with E-state index >= 15 is 0 Å². The van der Waals surface area contributed by atoms with E-state index in [2.05, 4.69) is 6.82 Å². The average molecular weight is 79.7 g/mol. The lowest BCUT2D eigenvalue weighted by Crippen LogP contribution is -2.27. The van der Waals surface area contributed by atoms with Gasteiger partial charge in [-0.15, -0.1) is 0 Å². The Labute approximate surface area is 40.6 Å². The number of hydrogen-bond acceptors (Lipinski definition) is 0. The topological polar surface area (TPSA) is 0 Å². The van der Waals surface area contributed by atoms with Crippen LogP contribution in [0.15, 0.2) is 0 Å². The first-order valence-corrected chi connectivity index (χ1v) is 2.93. The van der Waals surface area contributed by atoms with E-state index in [4.69, 9.17) is 0 Å². The maximum Gasteiger partial charge on any atom is 0.104 e. The van der Waals surface area contributed by atoms with E-state index < -0.39 is 0 Å². The highest BCUT2D eigenvalue weighted by Crippen LogP contribution is 2.17. The molecule has 0 saturated carbocycles. The fourth-order valence-electron chi connectivity index (χ4n) is 0.901. The molecule has 1 fully saturated rings. The zero-order valence-corrected chi connectivity index (χ0v) is 4.41. The van der Waals surface area contributed by atoms with Crippen molar-refractivity contribution < 1.29 is 0 Å². The second-order valence-electron chi connectivity index (χ2n) is 2.21. The highest BCUT2D eigenvalue weighted by molar-refractivity contribution is 7.13. The van der Waals surface area contributed by atoms with Gasteiger partial charge in [-0.1, -0.05) is 25.9 Å². The van der Waals surface area contributed by atoms with E-state index in [1.165, 1.54) is 26.2 Å². The summed E-state index contributed by atoms with van der Waals surface area (Å²) >= 11 is 0. The minimum Gasteiger partial charge on any atom is -0.0954 e. The number of rotatable bonds is 1. The van der Waals surface area contributed by atoms with Crippen molar-refractivity contribution in [1.29, 1.82) is 0 Å². The first kappa shape index (κ1) is 4.29. The molecule has 0 unspecified atom stereocenters. The molecule has 0 atom stereocenters. The van der Waals surface area contributed by atoms with Gasteiger partial charge in [0.2, 0.25) is 0 Å². The van der Waals surface area contributed by atoms with Crippen molar-refractivity contribution >= 4 is 13.8 Å². The molecule has 0 N–H and O–H groups in total. The van der Waals surface area contributed by atoms with Crippen molar-refractivity contribution in [3.8, 4) is 0 Å². The molecule has 0 aromatic carbocycles. The molecule has 0 aromatic rings. The van der Waals surface area contributed by atoms with E-state index in [0.717, 1.165) is 6.60 Å². The van der Waals surface area contributed by atoms with Crippen molar-refractivity contribution in [3.05, 3.63) is 0 Å². The van der Waals surface area contributed by atoms with Gasteiger partial charge in [-0.05, 0) is 0 Å². The lowest BCUT2D eigenvalue weighted by Gasteiger charge is -2.18. The van der Waals surface area contributed by atoms with Crippen LogP contribution < -0.4 is 0 Å². The lowest BCUT2D eigenvalue weighted by atomic mass is 9.14. The summed E-state index contributed by atoms with van der Waals surface area (Å²) in [6, 6.07) is 0. The monoisotopic (exact) mass is 80.1 g/mol. The van der Waals surface area contributed by atoms with Gasteiger partial charge < -0.3 is 0 Å². The first-order valence-electron chi connectivity index (χ1n) is 2.93. The second-order valence-corrected chi connectivity index (χ2v) is 2.21. The van der Waals surface area contributed by atoms with Crippen LogP contribution in [-0.2, 0) is 0 Å². The Morgan fingerprint density at radius 2 is 2.17 bits per heavy atom. The Morgan fingerprint density at radius 3 is 2.17 bits per heavy atom. The highest BCUT2D eigenvalue weighted by Gasteiger charge is 2.18. The molecular weight excluding hydrogens is 69.7 g/mol. The van der Waals surface area contributed by atoms with E-state index in [1.54, 1.807) is 0 Å². The maximum atomic E-state index is 2.28. The van der Waals surface area contributed by atoms with Crippen molar-refractivity contribution in [3.63, 3.8) is 0 Å². The van der Waals surface area contributed by atoms with Gasteiger partial charge >= 0.3 is 0 Å². The minimum atomic E-state index is 1.12. The molecule has 2 heteroatoms. The van der Waals surface area contributed by atoms with Crippen LogP contribution in [0.3, 0.4) is 0 Å². The summed E-state index contributed by atoms with van der Waals surface area (Å²) in [4.78, 5) is 0. The third-order valence-corrected chi connectivity index (χ3v) is 1.80.